The first-order valence-electron chi connectivity index (χ1n) is 15.7. The van der Waals surface area contributed by atoms with Crippen molar-refractivity contribution in [3.8, 4) is 5.75 Å². The van der Waals surface area contributed by atoms with Crippen molar-refractivity contribution >= 4 is 24.1 Å². The molecule has 0 atom stereocenters. The summed E-state index contributed by atoms with van der Waals surface area (Å²) in [5.74, 6) is -0.106. The highest BCUT2D eigenvalue weighted by Gasteiger charge is 2.14. The van der Waals surface area contributed by atoms with Crippen LogP contribution in [-0.4, -0.2) is 87.3 Å². The van der Waals surface area contributed by atoms with Crippen molar-refractivity contribution in [3.63, 3.8) is 0 Å². The number of carbonyl (C=O) groups is 3. The van der Waals surface area contributed by atoms with Crippen molar-refractivity contribution in [1.82, 2.24) is 20.4 Å². The number of hydrogen-bond acceptors (Lipinski definition) is 6. The molecule has 11 heteroatoms. The lowest BCUT2D eigenvalue weighted by atomic mass is 10.1. The molecule has 0 aliphatic heterocycles. The molecule has 0 spiro atoms. The number of aryl methyl sites for hydroxylation is 1. The minimum atomic E-state index is -0.388. The Morgan fingerprint density at radius 1 is 1.07 bits per heavy atom. The number of amidine groups is 1. The van der Waals surface area contributed by atoms with Gasteiger partial charge >= 0.3 is 0 Å². The van der Waals surface area contributed by atoms with Gasteiger partial charge in [0.1, 0.15) is 24.0 Å². The molecule has 3 amide bonds. The Hall–Kier alpha value is -3.99. The standard InChI is InChI=1S/C20H31FN4O4.C9H12N2.C3H6.C2H6/c1-4-24(2)20(28)14-25(3)19(27)13-22-10-11-29-18-12-17(21)8-7-16(18)6-5-9-23-15-26;1-7-3-2-4-8(6-5-7)9(10)11;1-2-3-1;1-2/h7-8,12,15,22H,4-6,9-11,13-14H2,1-3H3,(H,23,26);3-6H,2H2,1H3,(H3,10,11);1-3H2;1-2H3. The molecule has 45 heavy (non-hydrogen) atoms. The molecule has 1 aromatic rings. The number of carbonyl (C=O) groups excluding carboxylic acids is 3. The maximum absolute atomic E-state index is 13.5. The van der Waals surface area contributed by atoms with E-state index in [-0.39, 0.29) is 43.2 Å². The summed E-state index contributed by atoms with van der Waals surface area (Å²) in [5.41, 5.74) is 8.22. The van der Waals surface area contributed by atoms with Crippen LogP contribution in [-0.2, 0) is 20.8 Å². The zero-order chi connectivity index (χ0) is 34.0. The third-order valence-electron chi connectivity index (χ3n) is 6.36. The van der Waals surface area contributed by atoms with Gasteiger partial charge in [-0.2, -0.15) is 0 Å². The molecule has 0 unspecified atom stereocenters. The van der Waals surface area contributed by atoms with Crippen molar-refractivity contribution in [2.75, 3.05) is 53.4 Å². The minimum Gasteiger partial charge on any atom is -0.492 e. The molecule has 252 valence electrons. The van der Waals surface area contributed by atoms with Crippen molar-refractivity contribution in [3.05, 3.63) is 65.0 Å². The van der Waals surface area contributed by atoms with Gasteiger partial charge in [-0.25, -0.2) is 4.39 Å². The van der Waals surface area contributed by atoms with E-state index < -0.39 is 0 Å². The monoisotopic (exact) mass is 630 g/mol. The van der Waals surface area contributed by atoms with Gasteiger partial charge in [-0.05, 0) is 44.7 Å². The molecule has 2 aliphatic carbocycles. The number of allylic oxidation sites excluding steroid dienone is 4. The molecular formula is C34H55FN6O4. The molecule has 5 N–H and O–H groups in total. The molecule has 1 saturated carbocycles. The summed E-state index contributed by atoms with van der Waals surface area (Å²) >= 11 is 0. The summed E-state index contributed by atoms with van der Waals surface area (Å²) in [7, 11) is 3.27. The summed E-state index contributed by atoms with van der Waals surface area (Å²) in [5, 5.41) is 12.7. The number of halogens is 1. The summed E-state index contributed by atoms with van der Waals surface area (Å²) in [6.07, 6.45) is 15.3. The molecule has 0 heterocycles. The Balaban J connectivity index is 0.000000982. The van der Waals surface area contributed by atoms with Crippen LogP contribution in [0, 0.1) is 11.2 Å². The van der Waals surface area contributed by atoms with Gasteiger partial charge in [-0.1, -0.05) is 69.1 Å². The van der Waals surface area contributed by atoms with Crippen LogP contribution < -0.4 is 21.1 Å². The van der Waals surface area contributed by atoms with Gasteiger partial charge in [-0.15, -0.1) is 0 Å². The average molecular weight is 631 g/mol. The van der Waals surface area contributed by atoms with E-state index in [1.165, 1.54) is 41.9 Å². The fraction of sp³-hybridized carbons (Fsp3) is 0.529. The number of ether oxygens (including phenoxy) is 1. The van der Waals surface area contributed by atoms with Gasteiger partial charge in [0.25, 0.3) is 0 Å². The van der Waals surface area contributed by atoms with Gasteiger partial charge in [0, 0.05) is 45.4 Å². The van der Waals surface area contributed by atoms with E-state index in [2.05, 4.69) is 16.7 Å². The number of nitrogens with zero attached hydrogens (tertiary/aromatic N) is 2. The van der Waals surface area contributed by atoms with Crippen LogP contribution >= 0.6 is 0 Å². The third kappa shape index (κ3) is 20.6. The smallest absolute Gasteiger partial charge is 0.241 e. The van der Waals surface area contributed by atoms with E-state index in [0.717, 1.165) is 17.6 Å². The van der Waals surface area contributed by atoms with Crippen molar-refractivity contribution < 1.29 is 23.5 Å². The maximum atomic E-state index is 13.5. The predicted octanol–water partition coefficient (Wildman–Crippen LogP) is 4.36. The highest BCUT2D eigenvalue weighted by Crippen LogP contribution is 2.21. The minimum absolute atomic E-state index is 0.0347. The molecule has 10 nitrogen and oxygen atoms in total. The van der Waals surface area contributed by atoms with E-state index in [4.69, 9.17) is 15.9 Å². The molecule has 0 bridgehead atoms. The average Bonchev–Trinajstić information content (AvgIpc) is 3.92. The van der Waals surface area contributed by atoms with Crippen molar-refractivity contribution in [1.29, 1.82) is 5.41 Å². The first-order valence-corrected chi connectivity index (χ1v) is 15.7. The number of nitrogens with one attached hydrogen (secondary N) is 3. The Kier molecular flexibility index (Phi) is 23.1. The van der Waals surface area contributed by atoms with Gasteiger partial charge < -0.3 is 30.9 Å². The molecule has 3 rings (SSSR count). The lowest BCUT2D eigenvalue weighted by Gasteiger charge is -2.21. The van der Waals surface area contributed by atoms with Gasteiger partial charge in [0.15, 0.2) is 0 Å². The largest absolute Gasteiger partial charge is 0.492 e. The van der Waals surface area contributed by atoms with E-state index in [1.54, 1.807) is 25.1 Å². The molecule has 0 aromatic heterocycles. The molecule has 1 fully saturated rings. The predicted molar refractivity (Wildman–Crippen MR) is 181 cm³/mol. The fourth-order valence-electron chi connectivity index (χ4n) is 3.39. The zero-order valence-corrected chi connectivity index (χ0v) is 28.1. The summed E-state index contributed by atoms with van der Waals surface area (Å²) in [4.78, 5) is 37.1. The first kappa shape index (κ1) is 41.0. The molecular weight excluding hydrogens is 575 g/mol. The van der Waals surface area contributed by atoms with Crippen molar-refractivity contribution in [2.45, 2.75) is 66.2 Å². The van der Waals surface area contributed by atoms with Gasteiger partial charge in [0.05, 0.1) is 13.1 Å². The lowest BCUT2D eigenvalue weighted by Crippen LogP contribution is -2.43. The number of hydrogen-bond donors (Lipinski definition) is 4. The second-order valence-electron chi connectivity index (χ2n) is 10.3. The lowest BCUT2D eigenvalue weighted by molar-refractivity contribution is -0.138. The zero-order valence-electron chi connectivity index (χ0n) is 28.1. The van der Waals surface area contributed by atoms with Crippen molar-refractivity contribution in [2.24, 2.45) is 5.73 Å². The van der Waals surface area contributed by atoms with Crippen LogP contribution in [0.5, 0.6) is 5.75 Å². The fourth-order valence-corrected chi connectivity index (χ4v) is 3.39. The van der Waals surface area contributed by atoms with E-state index in [9.17, 15) is 18.8 Å². The number of amides is 3. The highest BCUT2D eigenvalue weighted by atomic mass is 19.1. The summed E-state index contributed by atoms with van der Waals surface area (Å²) < 4.78 is 19.2. The summed E-state index contributed by atoms with van der Waals surface area (Å²) in [6, 6.07) is 4.37. The Labute approximate surface area is 269 Å². The van der Waals surface area contributed by atoms with Crippen LogP contribution in [0.2, 0.25) is 0 Å². The topological polar surface area (TPSA) is 141 Å². The molecule has 2 aliphatic rings. The summed E-state index contributed by atoms with van der Waals surface area (Å²) in [6.45, 7) is 9.80. The quantitative estimate of drug-likeness (QED) is 0.0983. The van der Waals surface area contributed by atoms with Crippen LogP contribution in [0.25, 0.3) is 0 Å². The van der Waals surface area contributed by atoms with Gasteiger partial charge in [-0.3, -0.25) is 19.8 Å². The molecule has 0 radical (unpaired) electrons. The van der Waals surface area contributed by atoms with E-state index in [0.29, 0.717) is 44.6 Å². The number of likely N-dealkylation sites (N-methyl/N-ethyl adjacent to an activating group) is 2. The number of rotatable bonds is 15. The number of nitrogens with two attached hydrogens (primary N) is 1. The van der Waals surface area contributed by atoms with E-state index >= 15 is 0 Å². The normalized spacial score (nSPS) is 12.5. The van der Waals surface area contributed by atoms with E-state index in [1.807, 2.05) is 45.9 Å². The highest BCUT2D eigenvalue weighted by molar-refractivity contribution is 5.97. The van der Waals surface area contributed by atoms with Crippen LogP contribution in [0.1, 0.15) is 65.4 Å². The van der Waals surface area contributed by atoms with Crippen LogP contribution in [0.3, 0.4) is 0 Å². The van der Waals surface area contributed by atoms with Crippen LogP contribution in [0.4, 0.5) is 4.39 Å². The Morgan fingerprint density at radius 2 is 1.76 bits per heavy atom. The third-order valence-corrected chi connectivity index (χ3v) is 6.36. The Bertz CT molecular complexity index is 1130. The number of benzene rings is 1. The first-order chi connectivity index (χ1) is 21.6. The Morgan fingerprint density at radius 3 is 2.36 bits per heavy atom. The molecule has 0 saturated heterocycles. The second-order valence-corrected chi connectivity index (χ2v) is 10.3. The molecule has 1 aromatic carbocycles. The van der Waals surface area contributed by atoms with Crippen LogP contribution in [0.15, 0.2) is 53.6 Å². The van der Waals surface area contributed by atoms with Gasteiger partial charge in [0.2, 0.25) is 18.2 Å². The second kappa shape index (κ2) is 25.3. The maximum Gasteiger partial charge on any atom is 0.241 e. The SMILES string of the molecule is C1CC1.CC.CC1=CCC=C(C(=N)N)C=C1.CCN(C)C(=O)CN(C)C(=O)CNCCOc1cc(F)ccc1CCCNC=O.